The first-order valence-corrected chi connectivity index (χ1v) is 13.4. The minimum Gasteiger partial charge on any atom is -0.302 e. The van der Waals surface area contributed by atoms with Crippen LogP contribution in [-0.2, 0) is 11.1 Å². The van der Waals surface area contributed by atoms with Crippen molar-refractivity contribution in [3.05, 3.63) is 66.7 Å². The normalized spacial score (nSPS) is 20.3. The van der Waals surface area contributed by atoms with Crippen LogP contribution in [0.15, 0.2) is 66.7 Å². The van der Waals surface area contributed by atoms with Crippen LogP contribution in [0, 0.1) is 0 Å². The monoisotopic (exact) mass is 505 g/mol. The molecule has 5 aromatic rings. The lowest BCUT2D eigenvalue weighted by Crippen LogP contribution is -2.51. The third-order valence-corrected chi connectivity index (χ3v) is 9.89. The molecule has 0 saturated heterocycles. The number of fused-ring (bicyclic) bond motifs is 6. The molecule has 194 valence electrons. The summed E-state index contributed by atoms with van der Waals surface area (Å²) >= 11 is 0. The standard InChI is InChI=1S/C31H35N7/c1-28(2)30(5,6)37(26-32-20-14-9-11-16-22(20)35(26)28)24-18-13-19-25(34-24)38-27-33-21-15-10-12-17-23(21)36(27)29(3,4)31(38,7)8/h9-19H,1-8H3. The van der Waals surface area contributed by atoms with Crippen LogP contribution in [0.5, 0.6) is 0 Å². The summed E-state index contributed by atoms with van der Waals surface area (Å²) in [7, 11) is 0. The molecule has 0 saturated carbocycles. The first-order valence-electron chi connectivity index (χ1n) is 13.4. The number of rotatable bonds is 2. The Kier molecular flexibility index (Phi) is 4.26. The topological polar surface area (TPSA) is 55.0 Å². The number of pyridine rings is 1. The maximum Gasteiger partial charge on any atom is 0.213 e. The highest BCUT2D eigenvalue weighted by Crippen LogP contribution is 2.53. The molecule has 2 aliphatic rings. The minimum atomic E-state index is -0.266. The van der Waals surface area contributed by atoms with E-state index in [-0.39, 0.29) is 22.2 Å². The molecule has 0 atom stereocenters. The average molecular weight is 506 g/mol. The SMILES string of the molecule is CC1(C)N(c2cccc(N3c4nc5ccccc5n4C(C)(C)C3(C)C)n2)c2nc3ccccc3n2C1(C)C. The molecule has 38 heavy (non-hydrogen) atoms. The Morgan fingerprint density at radius 3 is 1.26 bits per heavy atom. The summed E-state index contributed by atoms with van der Waals surface area (Å²) in [5.41, 5.74) is 3.35. The molecule has 0 radical (unpaired) electrons. The first kappa shape index (κ1) is 23.3. The lowest BCUT2D eigenvalue weighted by Gasteiger charge is -2.42. The summed E-state index contributed by atoms with van der Waals surface area (Å²) in [4.78, 5) is 20.2. The van der Waals surface area contributed by atoms with Gasteiger partial charge in [-0.15, -0.1) is 0 Å². The van der Waals surface area contributed by atoms with Gasteiger partial charge in [0.15, 0.2) is 0 Å². The molecule has 0 spiro atoms. The van der Waals surface area contributed by atoms with Gasteiger partial charge in [-0.1, -0.05) is 30.3 Å². The molecule has 7 rings (SSSR count). The van der Waals surface area contributed by atoms with Crippen molar-refractivity contribution in [1.29, 1.82) is 0 Å². The molecule has 3 aromatic heterocycles. The third kappa shape index (κ3) is 2.57. The highest BCUT2D eigenvalue weighted by molar-refractivity contribution is 5.84. The van der Waals surface area contributed by atoms with Gasteiger partial charge in [0, 0.05) is 0 Å². The van der Waals surface area contributed by atoms with E-state index >= 15 is 0 Å². The lowest BCUT2D eigenvalue weighted by atomic mass is 9.82. The molecular weight excluding hydrogens is 470 g/mol. The van der Waals surface area contributed by atoms with Crippen LogP contribution < -0.4 is 9.80 Å². The molecule has 0 N–H and O–H groups in total. The van der Waals surface area contributed by atoms with Gasteiger partial charge in [-0.05, 0) is 91.8 Å². The fourth-order valence-corrected chi connectivity index (χ4v) is 6.46. The Morgan fingerprint density at radius 2 is 0.842 bits per heavy atom. The van der Waals surface area contributed by atoms with Crippen LogP contribution in [0.3, 0.4) is 0 Å². The smallest absolute Gasteiger partial charge is 0.213 e. The van der Waals surface area contributed by atoms with E-state index in [4.69, 9.17) is 15.0 Å². The van der Waals surface area contributed by atoms with Gasteiger partial charge >= 0.3 is 0 Å². The number of para-hydroxylation sites is 4. The molecule has 0 fully saturated rings. The van der Waals surface area contributed by atoms with Crippen LogP contribution in [0.25, 0.3) is 22.1 Å². The number of imidazole rings is 2. The van der Waals surface area contributed by atoms with Crippen LogP contribution >= 0.6 is 0 Å². The van der Waals surface area contributed by atoms with Crippen molar-refractivity contribution in [3.8, 4) is 0 Å². The summed E-state index contributed by atoms with van der Waals surface area (Å²) in [5, 5.41) is 0. The summed E-state index contributed by atoms with van der Waals surface area (Å²) in [5.74, 6) is 3.63. The fourth-order valence-electron chi connectivity index (χ4n) is 6.46. The zero-order chi connectivity index (χ0) is 26.8. The Bertz CT molecular complexity index is 1630. The minimum absolute atomic E-state index is 0.209. The quantitative estimate of drug-likeness (QED) is 0.256. The molecule has 0 aliphatic carbocycles. The van der Waals surface area contributed by atoms with Gasteiger partial charge in [-0.3, -0.25) is 9.80 Å². The van der Waals surface area contributed by atoms with E-state index in [1.165, 1.54) is 0 Å². The van der Waals surface area contributed by atoms with Crippen molar-refractivity contribution in [2.45, 2.75) is 77.5 Å². The van der Waals surface area contributed by atoms with Gasteiger partial charge in [0.1, 0.15) is 11.6 Å². The van der Waals surface area contributed by atoms with Crippen LogP contribution in [0.4, 0.5) is 23.5 Å². The van der Waals surface area contributed by atoms with E-state index in [0.29, 0.717) is 0 Å². The van der Waals surface area contributed by atoms with Crippen molar-refractivity contribution in [1.82, 2.24) is 24.1 Å². The van der Waals surface area contributed by atoms with Gasteiger partial charge < -0.3 is 9.13 Å². The maximum absolute atomic E-state index is 5.34. The lowest BCUT2D eigenvalue weighted by molar-refractivity contribution is 0.251. The van der Waals surface area contributed by atoms with E-state index in [1.54, 1.807) is 0 Å². The van der Waals surface area contributed by atoms with Crippen molar-refractivity contribution in [3.63, 3.8) is 0 Å². The van der Waals surface area contributed by atoms with Gasteiger partial charge in [0.2, 0.25) is 11.9 Å². The molecule has 7 heteroatoms. The van der Waals surface area contributed by atoms with E-state index in [1.807, 2.05) is 0 Å². The predicted octanol–water partition coefficient (Wildman–Crippen LogP) is 7.11. The predicted molar refractivity (Wildman–Crippen MR) is 155 cm³/mol. The number of nitrogens with zero attached hydrogens (tertiary/aromatic N) is 7. The summed E-state index contributed by atoms with van der Waals surface area (Å²) in [6, 6.07) is 23.1. The third-order valence-electron chi connectivity index (χ3n) is 9.89. The van der Waals surface area contributed by atoms with Crippen molar-refractivity contribution in [2.75, 3.05) is 9.80 Å². The number of hydrogen-bond donors (Lipinski definition) is 0. The number of benzene rings is 2. The van der Waals surface area contributed by atoms with E-state index < -0.39 is 0 Å². The Balaban J connectivity index is 1.43. The number of hydrogen-bond acceptors (Lipinski definition) is 5. The number of anilines is 4. The second-order valence-electron chi connectivity index (χ2n) is 12.7. The fraction of sp³-hybridized carbons (Fsp3) is 0.387. The molecule has 2 aliphatic heterocycles. The molecule has 5 heterocycles. The Hall–Kier alpha value is -3.87. The van der Waals surface area contributed by atoms with Crippen molar-refractivity contribution >= 4 is 45.6 Å². The molecule has 0 unspecified atom stereocenters. The Morgan fingerprint density at radius 1 is 0.447 bits per heavy atom. The highest BCUT2D eigenvalue weighted by atomic mass is 15.5. The van der Waals surface area contributed by atoms with E-state index in [9.17, 15) is 0 Å². The Labute approximate surface area is 223 Å². The zero-order valence-electron chi connectivity index (χ0n) is 23.5. The van der Waals surface area contributed by atoms with Crippen LogP contribution in [0.2, 0.25) is 0 Å². The van der Waals surface area contributed by atoms with Gasteiger partial charge in [0.25, 0.3) is 0 Å². The summed E-state index contributed by atoms with van der Waals surface area (Å²) in [6.45, 7) is 18.3. The molecule has 0 bridgehead atoms. The molecular formula is C31H35N7. The molecule has 2 aromatic carbocycles. The molecule has 7 nitrogen and oxygen atoms in total. The largest absolute Gasteiger partial charge is 0.302 e. The second kappa shape index (κ2) is 6.95. The molecule has 0 amide bonds. The highest BCUT2D eigenvalue weighted by Gasteiger charge is 2.55. The zero-order valence-corrected chi connectivity index (χ0v) is 23.5. The van der Waals surface area contributed by atoms with Gasteiger partial charge in [0.05, 0.1) is 44.2 Å². The first-order chi connectivity index (χ1) is 17.9. The second-order valence-corrected chi connectivity index (χ2v) is 12.7. The van der Waals surface area contributed by atoms with Crippen LogP contribution in [0.1, 0.15) is 55.4 Å². The van der Waals surface area contributed by atoms with Gasteiger partial charge in [-0.2, -0.15) is 0 Å². The van der Waals surface area contributed by atoms with Gasteiger partial charge in [-0.25, -0.2) is 15.0 Å². The van der Waals surface area contributed by atoms with E-state index in [2.05, 4.69) is 141 Å². The average Bonchev–Trinajstić information content (AvgIpc) is 3.50. The summed E-state index contributed by atoms with van der Waals surface area (Å²) in [6.07, 6.45) is 0. The van der Waals surface area contributed by atoms with E-state index in [0.717, 1.165) is 45.6 Å². The number of aromatic nitrogens is 5. The summed E-state index contributed by atoms with van der Waals surface area (Å²) < 4.78 is 4.75. The van der Waals surface area contributed by atoms with Crippen molar-refractivity contribution < 1.29 is 0 Å². The van der Waals surface area contributed by atoms with Crippen molar-refractivity contribution in [2.24, 2.45) is 0 Å². The maximum atomic E-state index is 5.34. The van der Waals surface area contributed by atoms with Crippen LogP contribution in [-0.4, -0.2) is 35.2 Å².